The van der Waals surface area contributed by atoms with Crippen LogP contribution in [0, 0.1) is 0 Å². The van der Waals surface area contributed by atoms with E-state index in [0.717, 1.165) is 0 Å². The SMILES string of the molecule is NC(CC(F)F)C(=O)O. The van der Waals surface area contributed by atoms with Crippen LogP contribution in [-0.4, -0.2) is 23.5 Å². The summed E-state index contributed by atoms with van der Waals surface area (Å²) in [5, 5.41) is 7.97. The molecule has 0 rings (SSSR count). The zero-order chi connectivity index (χ0) is 7.44. The monoisotopic (exact) mass is 139 g/mol. The van der Waals surface area contributed by atoms with Crippen molar-refractivity contribution in [3.05, 3.63) is 0 Å². The molecule has 54 valence electrons. The largest absolute Gasteiger partial charge is 0.480 e. The first-order valence-electron chi connectivity index (χ1n) is 2.30. The molecule has 0 saturated carbocycles. The lowest BCUT2D eigenvalue weighted by Crippen LogP contribution is -2.31. The predicted molar refractivity (Wildman–Crippen MR) is 26.2 cm³/mol. The van der Waals surface area contributed by atoms with E-state index >= 15 is 0 Å². The Bertz CT molecular complexity index is 107. The van der Waals surface area contributed by atoms with E-state index < -0.39 is 24.9 Å². The lowest BCUT2D eigenvalue weighted by Gasteiger charge is -2.02. The van der Waals surface area contributed by atoms with E-state index in [0.29, 0.717) is 0 Å². The van der Waals surface area contributed by atoms with Gasteiger partial charge < -0.3 is 10.8 Å². The first-order valence-corrected chi connectivity index (χ1v) is 2.30. The zero-order valence-corrected chi connectivity index (χ0v) is 4.55. The van der Waals surface area contributed by atoms with Crippen LogP contribution in [0.5, 0.6) is 0 Å². The van der Waals surface area contributed by atoms with Crippen molar-refractivity contribution >= 4 is 5.97 Å². The summed E-state index contributed by atoms with van der Waals surface area (Å²) in [5.41, 5.74) is 4.74. The van der Waals surface area contributed by atoms with E-state index in [4.69, 9.17) is 10.8 Å². The van der Waals surface area contributed by atoms with Crippen molar-refractivity contribution in [2.24, 2.45) is 5.73 Å². The molecule has 0 aromatic heterocycles. The molecule has 0 radical (unpaired) electrons. The number of aliphatic carboxylic acids is 1. The number of halogens is 2. The second-order valence-electron chi connectivity index (χ2n) is 1.57. The highest BCUT2D eigenvalue weighted by molar-refractivity contribution is 5.72. The van der Waals surface area contributed by atoms with Crippen LogP contribution in [0.3, 0.4) is 0 Å². The smallest absolute Gasteiger partial charge is 0.320 e. The summed E-state index contributed by atoms with van der Waals surface area (Å²) in [4.78, 5) is 9.78. The van der Waals surface area contributed by atoms with Crippen LogP contribution >= 0.6 is 0 Å². The second kappa shape index (κ2) is 3.34. The quantitative estimate of drug-likeness (QED) is 0.580. The third-order valence-corrected chi connectivity index (χ3v) is 0.749. The maximum atomic E-state index is 11.3. The van der Waals surface area contributed by atoms with Gasteiger partial charge in [0.1, 0.15) is 6.04 Å². The van der Waals surface area contributed by atoms with Gasteiger partial charge in [-0.3, -0.25) is 4.79 Å². The molecule has 9 heavy (non-hydrogen) atoms. The van der Waals surface area contributed by atoms with Gasteiger partial charge >= 0.3 is 5.97 Å². The molecule has 0 aliphatic rings. The van der Waals surface area contributed by atoms with Gasteiger partial charge in [0.25, 0.3) is 0 Å². The Hall–Kier alpha value is -0.710. The molecule has 1 unspecified atom stereocenters. The van der Waals surface area contributed by atoms with E-state index in [1.165, 1.54) is 0 Å². The van der Waals surface area contributed by atoms with Crippen LogP contribution in [-0.2, 0) is 4.79 Å². The molecule has 0 amide bonds. The molecule has 0 aromatic carbocycles. The summed E-state index contributed by atoms with van der Waals surface area (Å²) in [6.07, 6.45) is -3.42. The molecule has 0 heterocycles. The highest BCUT2D eigenvalue weighted by Gasteiger charge is 2.16. The van der Waals surface area contributed by atoms with E-state index in [9.17, 15) is 13.6 Å². The van der Waals surface area contributed by atoms with Crippen molar-refractivity contribution in [2.75, 3.05) is 0 Å². The van der Waals surface area contributed by atoms with E-state index in [2.05, 4.69) is 0 Å². The fourth-order valence-corrected chi connectivity index (χ4v) is 0.293. The van der Waals surface area contributed by atoms with Gasteiger partial charge in [0, 0.05) is 6.42 Å². The van der Waals surface area contributed by atoms with Crippen molar-refractivity contribution in [2.45, 2.75) is 18.9 Å². The number of carboxylic acid groups (broad SMARTS) is 1. The fraction of sp³-hybridized carbons (Fsp3) is 0.750. The molecule has 3 N–H and O–H groups in total. The van der Waals surface area contributed by atoms with Crippen LogP contribution in [0.15, 0.2) is 0 Å². The number of carboxylic acids is 1. The van der Waals surface area contributed by atoms with Crippen LogP contribution < -0.4 is 5.73 Å². The molecule has 5 heteroatoms. The van der Waals surface area contributed by atoms with Crippen molar-refractivity contribution < 1.29 is 18.7 Å². The summed E-state index contributed by atoms with van der Waals surface area (Å²) in [6, 6.07) is -1.44. The van der Waals surface area contributed by atoms with Crippen molar-refractivity contribution in [1.29, 1.82) is 0 Å². The zero-order valence-electron chi connectivity index (χ0n) is 4.55. The second-order valence-corrected chi connectivity index (χ2v) is 1.57. The van der Waals surface area contributed by atoms with Crippen molar-refractivity contribution in [3.8, 4) is 0 Å². The number of nitrogens with two attached hydrogens (primary N) is 1. The molecule has 1 atom stereocenters. The Labute approximate surface area is 50.5 Å². The molecule has 0 saturated heterocycles. The van der Waals surface area contributed by atoms with E-state index in [1.807, 2.05) is 0 Å². The van der Waals surface area contributed by atoms with Gasteiger partial charge in [-0.2, -0.15) is 0 Å². The molecular weight excluding hydrogens is 132 g/mol. The van der Waals surface area contributed by atoms with Crippen molar-refractivity contribution in [1.82, 2.24) is 0 Å². The minimum atomic E-state index is -2.64. The Morgan fingerprint density at radius 3 is 2.22 bits per heavy atom. The maximum Gasteiger partial charge on any atom is 0.320 e. The summed E-state index contributed by atoms with van der Waals surface area (Å²) >= 11 is 0. The molecule has 0 aromatic rings. The van der Waals surface area contributed by atoms with Gasteiger partial charge in [-0.25, -0.2) is 8.78 Å². The minimum absolute atomic E-state index is 0.782. The first kappa shape index (κ1) is 8.29. The number of alkyl halides is 2. The maximum absolute atomic E-state index is 11.3. The minimum Gasteiger partial charge on any atom is -0.480 e. The van der Waals surface area contributed by atoms with Gasteiger partial charge in [-0.15, -0.1) is 0 Å². The number of carbonyl (C=O) groups is 1. The van der Waals surface area contributed by atoms with Crippen molar-refractivity contribution in [3.63, 3.8) is 0 Å². The van der Waals surface area contributed by atoms with Crippen LogP contribution in [0.2, 0.25) is 0 Å². The highest BCUT2D eigenvalue weighted by Crippen LogP contribution is 2.01. The topological polar surface area (TPSA) is 63.3 Å². The molecule has 0 spiro atoms. The van der Waals surface area contributed by atoms with Crippen LogP contribution in [0.4, 0.5) is 8.78 Å². The predicted octanol–water partition coefficient (Wildman–Crippen LogP) is 0.0535. The number of hydrogen-bond donors (Lipinski definition) is 2. The van der Waals surface area contributed by atoms with Crippen LogP contribution in [0.1, 0.15) is 6.42 Å². The van der Waals surface area contributed by atoms with Gasteiger partial charge in [-0.05, 0) is 0 Å². The third-order valence-electron chi connectivity index (χ3n) is 0.749. The molecule has 0 fully saturated rings. The standard InChI is InChI=1S/C4H7F2NO2/c5-3(6)1-2(7)4(8)9/h2-3H,1,7H2,(H,8,9). The van der Waals surface area contributed by atoms with Gasteiger partial charge in [-0.1, -0.05) is 0 Å². The molecule has 3 nitrogen and oxygen atoms in total. The first-order chi connectivity index (χ1) is 4.04. The Morgan fingerprint density at radius 2 is 2.11 bits per heavy atom. The molecule has 0 aliphatic heterocycles. The highest BCUT2D eigenvalue weighted by atomic mass is 19.3. The van der Waals surface area contributed by atoms with E-state index in [-0.39, 0.29) is 0 Å². The number of hydrogen-bond acceptors (Lipinski definition) is 2. The summed E-state index contributed by atoms with van der Waals surface area (Å²) in [7, 11) is 0. The lowest BCUT2D eigenvalue weighted by atomic mass is 10.2. The average molecular weight is 139 g/mol. The summed E-state index contributed by atoms with van der Waals surface area (Å²) in [6.45, 7) is 0. The third kappa shape index (κ3) is 3.84. The average Bonchev–Trinajstić information content (AvgIpc) is 1.63. The van der Waals surface area contributed by atoms with E-state index in [1.54, 1.807) is 0 Å². The fourth-order valence-electron chi connectivity index (χ4n) is 0.293. The summed E-state index contributed by atoms with van der Waals surface area (Å²) in [5.74, 6) is -1.39. The molecule has 0 bridgehead atoms. The molecular formula is C4H7F2NO2. The normalized spacial score (nSPS) is 13.8. The Balaban J connectivity index is 3.50. The Morgan fingerprint density at radius 1 is 1.67 bits per heavy atom. The van der Waals surface area contributed by atoms with Gasteiger partial charge in [0.05, 0.1) is 0 Å². The lowest BCUT2D eigenvalue weighted by molar-refractivity contribution is -0.139. The molecule has 0 aliphatic carbocycles. The summed E-state index contributed by atoms with van der Waals surface area (Å²) < 4.78 is 22.6. The van der Waals surface area contributed by atoms with Gasteiger partial charge in [0.15, 0.2) is 0 Å². The van der Waals surface area contributed by atoms with Gasteiger partial charge in [0.2, 0.25) is 6.43 Å². The van der Waals surface area contributed by atoms with Crippen LogP contribution in [0.25, 0.3) is 0 Å². The number of rotatable bonds is 3. The Kier molecular flexibility index (Phi) is 3.08.